The fraction of sp³-hybridized carbons (Fsp3) is 0.350. The molecule has 0 fully saturated rings. The number of halogens is 1. The molecule has 2 N–H and O–H groups in total. The predicted molar refractivity (Wildman–Crippen MR) is 107 cm³/mol. The Labute approximate surface area is 176 Å². The number of fused-ring (bicyclic) bond motifs is 2. The zero-order chi connectivity index (χ0) is 21.3. The normalized spacial score (nSPS) is 20.7. The summed E-state index contributed by atoms with van der Waals surface area (Å²) in [6, 6.07) is 7.27. The minimum atomic E-state index is -1.74. The molecule has 1 aromatic rings. The van der Waals surface area contributed by atoms with Gasteiger partial charge in [0.2, 0.25) is 11.8 Å². The molecule has 1 aromatic carbocycles. The Morgan fingerprint density at radius 2 is 2.14 bits per heavy atom. The number of benzene rings is 1. The topological polar surface area (TPSA) is 115 Å². The van der Waals surface area contributed by atoms with Gasteiger partial charge in [-0.15, -0.1) is 0 Å². The van der Waals surface area contributed by atoms with Crippen LogP contribution in [0.4, 0.5) is 5.69 Å². The number of likely N-dealkylation sites (N-methyl/N-ethyl adjacent to an activating group) is 1. The Morgan fingerprint density at radius 1 is 1.41 bits per heavy atom. The molecule has 0 aliphatic carbocycles. The fourth-order valence-electron chi connectivity index (χ4n) is 3.83. The van der Waals surface area contributed by atoms with Crippen LogP contribution in [0.15, 0.2) is 45.5 Å². The van der Waals surface area contributed by atoms with Gasteiger partial charge in [-0.05, 0) is 32.0 Å². The number of hydrogen-bond acceptors (Lipinski definition) is 7. The summed E-state index contributed by atoms with van der Waals surface area (Å²) in [6.07, 6.45) is 0. The first-order valence-corrected chi connectivity index (χ1v) is 9.71. The van der Waals surface area contributed by atoms with Crippen LogP contribution in [0.2, 0.25) is 0 Å². The molecule has 1 amide bonds. The van der Waals surface area contributed by atoms with Crippen LogP contribution >= 0.6 is 15.9 Å². The molecule has 1 unspecified atom stereocenters. The average Bonchev–Trinajstić information content (AvgIpc) is 2.90. The molecule has 8 nitrogen and oxygen atoms in total. The lowest BCUT2D eigenvalue weighted by Gasteiger charge is -2.34. The molecule has 0 saturated carbocycles. The van der Waals surface area contributed by atoms with Crippen molar-refractivity contribution in [1.82, 2.24) is 0 Å². The lowest BCUT2D eigenvalue weighted by molar-refractivity contribution is -0.142. The summed E-state index contributed by atoms with van der Waals surface area (Å²) in [7, 11) is 1.48. The van der Waals surface area contributed by atoms with Gasteiger partial charge in [0.1, 0.15) is 29.6 Å². The van der Waals surface area contributed by atoms with Crippen molar-refractivity contribution in [3.05, 3.63) is 51.0 Å². The minimum Gasteiger partial charge on any atom is -0.460 e. The van der Waals surface area contributed by atoms with Crippen molar-refractivity contribution in [2.45, 2.75) is 19.3 Å². The lowest BCUT2D eigenvalue weighted by Crippen LogP contribution is -2.48. The zero-order valence-corrected chi connectivity index (χ0v) is 17.8. The summed E-state index contributed by atoms with van der Waals surface area (Å²) >= 11 is 3.42. The molecular formula is C20H20BrN3O5. The van der Waals surface area contributed by atoms with Gasteiger partial charge >= 0.3 is 5.97 Å². The van der Waals surface area contributed by atoms with Crippen molar-refractivity contribution in [1.29, 1.82) is 5.26 Å². The number of hydrogen-bond donors (Lipinski definition) is 1. The highest BCUT2D eigenvalue weighted by atomic mass is 79.9. The standard InChI is InChI=1S/C20H20BrN3O5/c1-4-24-15-6-5-12(21)9-13(15)20(19(24)26)14(10-22)17(23)29-11(2)16(20)18(25)28-8-7-27-3/h5-6,9H,4,7-8,23H2,1-3H3. The van der Waals surface area contributed by atoms with E-state index in [4.69, 9.17) is 19.9 Å². The second kappa shape index (κ2) is 7.89. The second-order valence-electron chi connectivity index (χ2n) is 6.47. The number of ether oxygens (including phenoxy) is 3. The maximum absolute atomic E-state index is 13.7. The second-order valence-corrected chi connectivity index (χ2v) is 7.39. The van der Waals surface area contributed by atoms with Crippen molar-refractivity contribution in [3.8, 4) is 6.07 Å². The molecule has 2 heterocycles. The summed E-state index contributed by atoms with van der Waals surface area (Å²) in [6.45, 7) is 3.86. The van der Waals surface area contributed by atoms with E-state index in [9.17, 15) is 14.9 Å². The third-order valence-corrected chi connectivity index (χ3v) is 5.48. The number of allylic oxidation sites excluding steroid dienone is 1. The van der Waals surface area contributed by atoms with Crippen molar-refractivity contribution < 1.29 is 23.8 Å². The first kappa shape index (κ1) is 20.9. The summed E-state index contributed by atoms with van der Waals surface area (Å²) in [4.78, 5) is 28.3. The Hall–Kier alpha value is -2.83. The highest BCUT2D eigenvalue weighted by Gasteiger charge is 2.62. The molecule has 152 valence electrons. The van der Waals surface area contributed by atoms with E-state index < -0.39 is 17.3 Å². The van der Waals surface area contributed by atoms with E-state index in [2.05, 4.69) is 15.9 Å². The minimum absolute atomic E-state index is 0.0136. The van der Waals surface area contributed by atoms with Crippen molar-refractivity contribution in [3.63, 3.8) is 0 Å². The molecule has 2 aliphatic rings. The van der Waals surface area contributed by atoms with Crippen LogP contribution in [0.25, 0.3) is 0 Å². The van der Waals surface area contributed by atoms with E-state index >= 15 is 0 Å². The summed E-state index contributed by atoms with van der Waals surface area (Å²) in [5, 5.41) is 9.91. The smallest absolute Gasteiger partial charge is 0.339 e. The molecule has 1 atom stereocenters. The molecule has 2 aliphatic heterocycles. The van der Waals surface area contributed by atoms with E-state index in [-0.39, 0.29) is 36.0 Å². The van der Waals surface area contributed by atoms with Crippen LogP contribution in [0.3, 0.4) is 0 Å². The predicted octanol–water partition coefficient (Wildman–Crippen LogP) is 2.24. The highest BCUT2D eigenvalue weighted by Crippen LogP contribution is 2.54. The molecule has 0 aromatic heterocycles. The van der Waals surface area contributed by atoms with Crippen LogP contribution in [-0.2, 0) is 29.2 Å². The third kappa shape index (κ3) is 2.99. The van der Waals surface area contributed by atoms with Gasteiger partial charge in [0.15, 0.2) is 5.41 Å². The maximum Gasteiger partial charge on any atom is 0.339 e. The van der Waals surface area contributed by atoms with Crippen LogP contribution in [0.1, 0.15) is 19.4 Å². The van der Waals surface area contributed by atoms with Gasteiger partial charge < -0.3 is 24.8 Å². The molecule has 0 saturated heterocycles. The van der Waals surface area contributed by atoms with E-state index in [0.29, 0.717) is 22.3 Å². The highest BCUT2D eigenvalue weighted by molar-refractivity contribution is 9.10. The number of carbonyl (C=O) groups is 2. The summed E-state index contributed by atoms with van der Waals surface area (Å²) in [5.74, 6) is -1.32. The molecule has 29 heavy (non-hydrogen) atoms. The van der Waals surface area contributed by atoms with Gasteiger partial charge in [-0.1, -0.05) is 15.9 Å². The molecule has 1 spiro atoms. The first-order valence-electron chi connectivity index (χ1n) is 8.92. The Bertz CT molecular complexity index is 994. The van der Waals surface area contributed by atoms with Gasteiger partial charge in [0.05, 0.1) is 6.61 Å². The van der Waals surface area contributed by atoms with Crippen LogP contribution in [-0.4, -0.2) is 38.7 Å². The Balaban J connectivity index is 2.33. The van der Waals surface area contributed by atoms with Crippen molar-refractivity contribution in [2.75, 3.05) is 31.8 Å². The quantitative estimate of drug-likeness (QED) is 0.527. The Kier molecular flexibility index (Phi) is 5.68. The molecule has 9 heteroatoms. The van der Waals surface area contributed by atoms with E-state index in [1.807, 2.05) is 13.0 Å². The number of amides is 1. The van der Waals surface area contributed by atoms with Crippen LogP contribution in [0.5, 0.6) is 0 Å². The van der Waals surface area contributed by atoms with Gasteiger partial charge in [-0.2, -0.15) is 5.26 Å². The molecule has 0 radical (unpaired) electrons. The van der Waals surface area contributed by atoms with Crippen LogP contribution in [0, 0.1) is 11.3 Å². The number of nitrogens with zero attached hydrogens (tertiary/aromatic N) is 2. The number of esters is 1. The van der Waals surface area contributed by atoms with Crippen molar-refractivity contribution >= 4 is 33.5 Å². The number of nitriles is 1. The maximum atomic E-state index is 13.7. The molecular weight excluding hydrogens is 442 g/mol. The monoisotopic (exact) mass is 461 g/mol. The lowest BCUT2D eigenvalue weighted by atomic mass is 9.68. The van der Waals surface area contributed by atoms with Gasteiger partial charge in [0.25, 0.3) is 0 Å². The number of carbonyl (C=O) groups excluding carboxylic acids is 2. The Morgan fingerprint density at radius 3 is 2.76 bits per heavy atom. The fourth-order valence-corrected chi connectivity index (χ4v) is 4.20. The number of rotatable bonds is 5. The average molecular weight is 462 g/mol. The summed E-state index contributed by atoms with van der Waals surface area (Å²) in [5.41, 5.74) is 5.15. The van der Waals surface area contributed by atoms with E-state index in [1.54, 1.807) is 18.2 Å². The molecule has 3 rings (SSSR count). The van der Waals surface area contributed by atoms with Gasteiger partial charge in [0, 0.05) is 29.4 Å². The summed E-state index contributed by atoms with van der Waals surface area (Å²) < 4.78 is 16.4. The molecule has 0 bridgehead atoms. The van der Waals surface area contributed by atoms with E-state index in [1.165, 1.54) is 18.9 Å². The number of methoxy groups -OCH3 is 1. The third-order valence-electron chi connectivity index (χ3n) is 4.98. The first-order chi connectivity index (χ1) is 13.8. The zero-order valence-electron chi connectivity index (χ0n) is 16.2. The van der Waals surface area contributed by atoms with Gasteiger partial charge in [-0.3, -0.25) is 4.79 Å². The number of nitrogens with two attached hydrogens (primary N) is 1. The SMILES string of the molecule is CCN1C(=O)C2(C(C#N)=C(N)OC(C)=C2C(=O)OCCOC)c2cc(Br)ccc21. The largest absolute Gasteiger partial charge is 0.460 e. The van der Waals surface area contributed by atoms with Crippen molar-refractivity contribution in [2.24, 2.45) is 5.73 Å². The van der Waals surface area contributed by atoms with E-state index in [0.717, 1.165) is 0 Å². The van der Waals surface area contributed by atoms with Gasteiger partial charge in [-0.25, -0.2) is 4.79 Å². The number of anilines is 1. The van der Waals surface area contributed by atoms with Crippen LogP contribution < -0.4 is 10.6 Å².